The Morgan fingerprint density at radius 2 is 2.10 bits per heavy atom. The number of nitro benzene ring substituents is 1. The van der Waals surface area contributed by atoms with Crippen LogP contribution >= 0.6 is 0 Å². The third kappa shape index (κ3) is 3.07. The standard InChI is InChI=1S/C12H16N2O5S/c1-20(18,19)9-3-4-10(11(7-9)14(16)17)13-8-12(15)5-2-6-12/h3-4,7,13,15H,2,5-6,8H2,1H3. The molecule has 0 spiro atoms. The third-order valence-corrected chi connectivity index (χ3v) is 4.60. The molecule has 0 amide bonds. The summed E-state index contributed by atoms with van der Waals surface area (Å²) in [5.74, 6) is 0. The average molecular weight is 300 g/mol. The van der Waals surface area contributed by atoms with Crippen molar-refractivity contribution in [2.45, 2.75) is 29.8 Å². The summed E-state index contributed by atoms with van der Waals surface area (Å²) >= 11 is 0. The van der Waals surface area contributed by atoms with E-state index in [0.717, 1.165) is 18.7 Å². The van der Waals surface area contributed by atoms with Crippen molar-refractivity contribution in [2.75, 3.05) is 18.1 Å². The van der Waals surface area contributed by atoms with Crippen LogP contribution in [0.15, 0.2) is 23.1 Å². The van der Waals surface area contributed by atoms with Crippen LogP contribution < -0.4 is 5.32 Å². The van der Waals surface area contributed by atoms with Gasteiger partial charge in [-0.05, 0) is 31.4 Å². The Labute approximate surface area is 116 Å². The zero-order chi connectivity index (χ0) is 15.0. The first-order valence-corrected chi connectivity index (χ1v) is 8.05. The fourth-order valence-electron chi connectivity index (χ4n) is 2.06. The zero-order valence-corrected chi connectivity index (χ0v) is 11.8. The Balaban J connectivity index is 2.26. The second-order valence-corrected chi connectivity index (χ2v) is 7.16. The van der Waals surface area contributed by atoms with E-state index in [2.05, 4.69) is 5.32 Å². The summed E-state index contributed by atoms with van der Waals surface area (Å²) in [5, 5.41) is 23.8. The molecule has 7 nitrogen and oxygen atoms in total. The summed E-state index contributed by atoms with van der Waals surface area (Å²) < 4.78 is 22.8. The molecule has 2 N–H and O–H groups in total. The molecule has 0 atom stereocenters. The third-order valence-electron chi connectivity index (χ3n) is 3.49. The van der Waals surface area contributed by atoms with Crippen molar-refractivity contribution in [1.82, 2.24) is 0 Å². The molecule has 0 heterocycles. The maximum absolute atomic E-state index is 11.4. The maximum atomic E-state index is 11.4. The van der Waals surface area contributed by atoms with Crippen LogP contribution in [0.2, 0.25) is 0 Å². The summed E-state index contributed by atoms with van der Waals surface area (Å²) in [6.07, 6.45) is 3.26. The number of sulfone groups is 1. The zero-order valence-electron chi connectivity index (χ0n) is 11.0. The second kappa shape index (κ2) is 5.02. The fraction of sp³-hybridized carbons (Fsp3) is 0.500. The van der Waals surface area contributed by atoms with Crippen LogP contribution in [0.3, 0.4) is 0 Å². The Hall–Kier alpha value is -1.67. The smallest absolute Gasteiger partial charge is 0.293 e. The second-order valence-electron chi connectivity index (χ2n) is 5.14. The van der Waals surface area contributed by atoms with Crippen molar-refractivity contribution in [1.29, 1.82) is 0 Å². The van der Waals surface area contributed by atoms with Crippen LogP contribution in [0.1, 0.15) is 19.3 Å². The lowest BCUT2D eigenvalue weighted by molar-refractivity contribution is -0.384. The fourth-order valence-corrected chi connectivity index (χ4v) is 2.70. The van der Waals surface area contributed by atoms with Gasteiger partial charge in [-0.2, -0.15) is 0 Å². The van der Waals surface area contributed by atoms with E-state index in [4.69, 9.17) is 0 Å². The average Bonchev–Trinajstić information content (AvgIpc) is 2.32. The highest BCUT2D eigenvalue weighted by molar-refractivity contribution is 7.90. The van der Waals surface area contributed by atoms with Crippen molar-refractivity contribution >= 4 is 21.2 Å². The van der Waals surface area contributed by atoms with Crippen LogP contribution in [-0.4, -0.2) is 36.8 Å². The van der Waals surface area contributed by atoms with Crippen LogP contribution in [-0.2, 0) is 9.84 Å². The summed E-state index contributed by atoms with van der Waals surface area (Å²) in [6, 6.07) is 3.70. The molecule has 8 heteroatoms. The van der Waals surface area contributed by atoms with Crippen molar-refractivity contribution in [3.05, 3.63) is 28.3 Å². The number of benzene rings is 1. The molecule has 1 aromatic carbocycles. The monoisotopic (exact) mass is 300 g/mol. The van der Waals surface area contributed by atoms with Gasteiger partial charge in [0.25, 0.3) is 5.69 Å². The Morgan fingerprint density at radius 3 is 2.55 bits per heavy atom. The van der Waals surface area contributed by atoms with E-state index in [1.54, 1.807) is 0 Å². The molecule has 1 aromatic rings. The molecule has 1 aliphatic carbocycles. The Kier molecular flexibility index (Phi) is 3.70. The molecule has 0 aliphatic heterocycles. The molecule has 1 fully saturated rings. The molecule has 0 aromatic heterocycles. The molecule has 20 heavy (non-hydrogen) atoms. The van der Waals surface area contributed by atoms with Crippen LogP contribution in [0, 0.1) is 10.1 Å². The number of nitro groups is 1. The highest BCUT2D eigenvalue weighted by Crippen LogP contribution is 2.33. The highest BCUT2D eigenvalue weighted by Gasteiger charge is 2.34. The van der Waals surface area contributed by atoms with Crippen LogP contribution in [0.25, 0.3) is 0 Å². The number of aliphatic hydroxyl groups is 1. The summed E-state index contributed by atoms with van der Waals surface area (Å²) in [6.45, 7) is 0.214. The lowest BCUT2D eigenvalue weighted by atomic mass is 9.80. The largest absolute Gasteiger partial charge is 0.388 e. The van der Waals surface area contributed by atoms with Gasteiger partial charge >= 0.3 is 0 Å². The van der Waals surface area contributed by atoms with Gasteiger partial charge in [-0.1, -0.05) is 0 Å². The molecule has 110 valence electrons. The normalized spacial score (nSPS) is 17.3. The molecule has 0 unspecified atom stereocenters. The minimum atomic E-state index is -3.49. The lowest BCUT2D eigenvalue weighted by Gasteiger charge is -2.36. The van der Waals surface area contributed by atoms with Gasteiger partial charge in [0.15, 0.2) is 9.84 Å². The number of rotatable bonds is 5. The van der Waals surface area contributed by atoms with Crippen LogP contribution in [0.4, 0.5) is 11.4 Å². The van der Waals surface area contributed by atoms with Gasteiger partial charge < -0.3 is 10.4 Å². The van der Waals surface area contributed by atoms with Gasteiger partial charge in [-0.25, -0.2) is 8.42 Å². The molecule has 1 aliphatic rings. The van der Waals surface area contributed by atoms with Gasteiger partial charge in [0.05, 0.1) is 15.4 Å². The minimum absolute atomic E-state index is 0.0999. The van der Waals surface area contributed by atoms with Crippen LogP contribution in [0.5, 0.6) is 0 Å². The first kappa shape index (κ1) is 14.7. The Morgan fingerprint density at radius 1 is 1.45 bits per heavy atom. The van der Waals surface area contributed by atoms with Crippen molar-refractivity contribution in [2.24, 2.45) is 0 Å². The van der Waals surface area contributed by atoms with E-state index in [1.807, 2.05) is 0 Å². The predicted molar refractivity (Wildman–Crippen MR) is 73.5 cm³/mol. The molecule has 0 saturated heterocycles. The summed E-state index contributed by atoms with van der Waals surface area (Å²) in [4.78, 5) is 10.3. The lowest BCUT2D eigenvalue weighted by Crippen LogP contribution is -2.43. The highest BCUT2D eigenvalue weighted by atomic mass is 32.2. The molecule has 1 saturated carbocycles. The Bertz CT molecular complexity index is 637. The minimum Gasteiger partial charge on any atom is -0.388 e. The first-order valence-electron chi connectivity index (χ1n) is 6.16. The van der Waals surface area contributed by atoms with Gasteiger partial charge in [0, 0.05) is 18.9 Å². The summed E-state index contributed by atoms with van der Waals surface area (Å²) in [7, 11) is -3.49. The molecular formula is C12H16N2O5S. The van der Waals surface area contributed by atoms with E-state index in [1.165, 1.54) is 12.1 Å². The number of hydrogen-bond acceptors (Lipinski definition) is 6. The molecule has 0 bridgehead atoms. The van der Waals surface area contributed by atoms with Gasteiger partial charge in [0.1, 0.15) is 5.69 Å². The number of hydrogen-bond donors (Lipinski definition) is 2. The van der Waals surface area contributed by atoms with E-state index in [9.17, 15) is 23.6 Å². The maximum Gasteiger partial charge on any atom is 0.293 e. The topological polar surface area (TPSA) is 110 Å². The molecule has 2 rings (SSSR count). The SMILES string of the molecule is CS(=O)(=O)c1ccc(NCC2(O)CCC2)c([N+](=O)[O-])c1. The van der Waals surface area contributed by atoms with Crippen molar-refractivity contribution in [3.63, 3.8) is 0 Å². The van der Waals surface area contributed by atoms with Crippen molar-refractivity contribution < 1.29 is 18.4 Å². The van der Waals surface area contributed by atoms with E-state index >= 15 is 0 Å². The number of anilines is 1. The van der Waals surface area contributed by atoms with E-state index < -0.39 is 20.4 Å². The van der Waals surface area contributed by atoms with Crippen molar-refractivity contribution in [3.8, 4) is 0 Å². The van der Waals surface area contributed by atoms with Gasteiger partial charge in [-0.3, -0.25) is 10.1 Å². The predicted octanol–water partition coefficient (Wildman–Crippen LogP) is 1.33. The summed E-state index contributed by atoms with van der Waals surface area (Å²) in [5.41, 5.74) is -0.915. The number of nitrogens with zero attached hydrogens (tertiary/aromatic N) is 1. The van der Waals surface area contributed by atoms with E-state index in [0.29, 0.717) is 12.8 Å². The van der Waals surface area contributed by atoms with E-state index in [-0.39, 0.29) is 22.8 Å². The van der Waals surface area contributed by atoms with Gasteiger partial charge in [0.2, 0.25) is 0 Å². The quantitative estimate of drug-likeness (QED) is 0.627. The molecule has 0 radical (unpaired) electrons. The molecular weight excluding hydrogens is 284 g/mol. The number of nitrogens with one attached hydrogen (secondary N) is 1. The van der Waals surface area contributed by atoms with Gasteiger partial charge in [-0.15, -0.1) is 0 Å². The first-order chi connectivity index (χ1) is 9.21.